The fourth-order valence-corrected chi connectivity index (χ4v) is 4.02. The number of aromatic nitrogens is 2. The second kappa shape index (κ2) is 7.88. The van der Waals surface area contributed by atoms with Crippen LogP contribution in [0.3, 0.4) is 0 Å². The topological polar surface area (TPSA) is 58.1 Å². The minimum atomic E-state index is -0.111. The molecule has 5 nitrogen and oxygen atoms in total. The van der Waals surface area contributed by atoms with Gasteiger partial charge in [-0.3, -0.25) is 4.79 Å². The van der Waals surface area contributed by atoms with E-state index in [0.717, 1.165) is 30.2 Å². The van der Waals surface area contributed by atoms with E-state index in [1.807, 2.05) is 48.7 Å². The molecule has 3 aromatic rings. The zero-order valence-corrected chi connectivity index (χ0v) is 16.1. The third kappa shape index (κ3) is 4.17. The fourth-order valence-electron chi connectivity index (χ4n) is 3.29. The van der Waals surface area contributed by atoms with Crippen molar-refractivity contribution in [1.82, 2.24) is 15.3 Å². The Morgan fingerprint density at radius 2 is 1.93 bits per heavy atom. The number of carbonyl (C=O) groups is 1. The summed E-state index contributed by atoms with van der Waals surface area (Å²) in [5.41, 5.74) is 2.69. The van der Waals surface area contributed by atoms with E-state index in [4.69, 9.17) is 0 Å². The number of amides is 1. The summed E-state index contributed by atoms with van der Waals surface area (Å²) < 4.78 is 0. The van der Waals surface area contributed by atoms with Crippen molar-refractivity contribution in [2.24, 2.45) is 0 Å². The number of rotatable bonds is 5. The van der Waals surface area contributed by atoms with E-state index in [2.05, 4.69) is 26.3 Å². The summed E-state index contributed by atoms with van der Waals surface area (Å²) in [6.07, 6.45) is 2.41. The van der Waals surface area contributed by atoms with Gasteiger partial charge in [0, 0.05) is 35.3 Å². The summed E-state index contributed by atoms with van der Waals surface area (Å²) in [6.45, 7) is 4.38. The highest BCUT2D eigenvalue weighted by Crippen LogP contribution is 2.24. The van der Waals surface area contributed by atoms with E-state index in [1.165, 1.54) is 17.7 Å². The summed E-state index contributed by atoms with van der Waals surface area (Å²) >= 11 is 1.69. The molecule has 1 saturated heterocycles. The van der Waals surface area contributed by atoms with E-state index in [0.29, 0.717) is 17.9 Å². The van der Waals surface area contributed by atoms with Crippen LogP contribution in [0.25, 0.3) is 10.4 Å². The number of anilines is 1. The number of thiophene rings is 1. The van der Waals surface area contributed by atoms with E-state index >= 15 is 0 Å². The Kier molecular flexibility index (Phi) is 5.16. The highest BCUT2D eigenvalue weighted by Gasteiger charge is 2.15. The van der Waals surface area contributed by atoms with Crippen LogP contribution in [0.2, 0.25) is 0 Å². The Bertz CT molecular complexity index is 916. The molecule has 0 spiro atoms. The van der Waals surface area contributed by atoms with Crippen LogP contribution in [0.4, 0.5) is 5.82 Å². The highest BCUT2D eigenvalue weighted by molar-refractivity contribution is 7.13. The molecule has 0 bridgehead atoms. The van der Waals surface area contributed by atoms with Gasteiger partial charge in [-0.15, -0.1) is 11.3 Å². The maximum atomic E-state index is 12.5. The van der Waals surface area contributed by atoms with Crippen molar-refractivity contribution >= 4 is 23.1 Å². The van der Waals surface area contributed by atoms with Crippen LogP contribution in [0, 0.1) is 6.92 Å². The number of aryl methyl sites for hydroxylation is 1. The van der Waals surface area contributed by atoms with Crippen LogP contribution in [0.5, 0.6) is 0 Å². The summed E-state index contributed by atoms with van der Waals surface area (Å²) in [7, 11) is 0. The first-order valence-electron chi connectivity index (χ1n) is 9.21. The van der Waals surface area contributed by atoms with Crippen LogP contribution in [0.15, 0.2) is 47.8 Å². The molecule has 138 valence electrons. The molecule has 1 aromatic carbocycles. The molecule has 0 aliphatic carbocycles. The maximum Gasteiger partial charge on any atom is 0.251 e. The molecule has 1 fully saturated rings. The van der Waals surface area contributed by atoms with Gasteiger partial charge in [0.2, 0.25) is 0 Å². The molecule has 6 heteroatoms. The molecule has 27 heavy (non-hydrogen) atoms. The maximum absolute atomic E-state index is 12.5. The first-order chi connectivity index (χ1) is 13.2. The van der Waals surface area contributed by atoms with Crippen LogP contribution in [-0.2, 0) is 6.54 Å². The number of nitrogens with zero attached hydrogens (tertiary/aromatic N) is 3. The van der Waals surface area contributed by atoms with Crippen molar-refractivity contribution in [2.75, 3.05) is 18.0 Å². The van der Waals surface area contributed by atoms with Crippen molar-refractivity contribution in [3.8, 4) is 10.4 Å². The van der Waals surface area contributed by atoms with Gasteiger partial charge in [-0.1, -0.05) is 18.2 Å². The van der Waals surface area contributed by atoms with Gasteiger partial charge in [0.05, 0.1) is 6.54 Å². The standard InChI is InChI=1S/C21H22N4OS/c1-15-13-20(25-10-2-3-11-25)24-19(23-15)14-22-21(26)17-8-6-16(7-9-17)18-5-4-12-27-18/h4-9,12-13H,2-3,10-11,14H2,1H3,(H,22,26). The summed E-state index contributed by atoms with van der Waals surface area (Å²) in [6, 6.07) is 13.8. The van der Waals surface area contributed by atoms with Crippen molar-refractivity contribution in [3.63, 3.8) is 0 Å². The minimum Gasteiger partial charge on any atom is -0.357 e. The zero-order valence-electron chi connectivity index (χ0n) is 15.3. The molecule has 1 aliphatic heterocycles. The summed E-state index contributed by atoms with van der Waals surface area (Å²) in [5.74, 6) is 1.51. The van der Waals surface area contributed by atoms with Gasteiger partial charge in [0.25, 0.3) is 5.91 Å². The van der Waals surface area contributed by atoms with Crippen LogP contribution in [0.1, 0.15) is 34.7 Å². The third-order valence-electron chi connectivity index (χ3n) is 4.68. The zero-order chi connectivity index (χ0) is 18.6. The Morgan fingerprint density at radius 3 is 2.63 bits per heavy atom. The third-order valence-corrected chi connectivity index (χ3v) is 5.60. The van der Waals surface area contributed by atoms with Gasteiger partial charge in [-0.2, -0.15) is 0 Å². The lowest BCUT2D eigenvalue weighted by Gasteiger charge is -2.17. The molecule has 1 N–H and O–H groups in total. The number of benzene rings is 1. The van der Waals surface area contributed by atoms with E-state index in [-0.39, 0.29) is 5.91 Å². The Labute approximate surface area is 163 Å². The SMILES string of the molecule is Cc1cc(N2CCCC2)nc(CNC(=O)c2ccc(-c3cccs3)cc2)n1. The second-order valence-electron chi connectivity index (χ2n) is 6.72. The predicted molar refractivity (Wildman–Crippen MR) is 109 cm³/mol. The lowest BCUT2D eigenvalue weighted by molar-refractivity contribution is 0.0950. The van der Waals surface area contributed by atoms with Crippen LogP contribution < -0.4 is 10.2 Å². The van der Waals surface area contributed by atoms with Gasteiger partial charge in [0.15, 0.2) is 0 Å². The quantitative estimate of drug-likeness (QED) is 0.728. The number of carbonyl (C=O) groups excluding carboxylic acids is 1. The molecule has 0 atom stereocenters. The fraction of sp³-hybridized carbons (Fsp3) is 0.286. The average molecular weight is 379 g/mol. The molecule has 0 unspecified atom stereocenters. The van der Waals surface area contributed by atoms with E-state index in [9.17, 15) is 4.79 Å². The van der Waals surface area contributed by atoms with Crippen LogP contribution >= 0.6 is 11.3 Å². The average Bonchev–Trinajstić information content (AvgIpc) is 3.40. The Balaban J connectivity index is 1.41. The normalized spacial score (nSPS) is 13.7. The monoisotopic (exact) mass is 378 g/mol. The van der Waals surface area contributed by atoms with Crippen molar-refractivity contribution in [1.29, 1.82) is 0 Å². The van der Waals surface area contributed by atoms with Gasteiger partial charge in [0.1, 0.15) is 11.6 Å². The smallest absolute Gasteiger partial charge is 0.251 e. The van der Waals surface area contributed by atoms with Gasteiger partial charge >= 0.3 is 0 Å². The summed E-state index contributed by atoms with van der Waals surface area (Å²) in [4.78, 5) is 25.0. The molecule has 3 heterocycles. The van der Waals surface area contributed by atoms with Crippen molar-refractivity contribution in [2.45, 2.75) is 26.3 Å². The molecule has 1 aliphatic rings. The molecule has 4 rings (SSSR count). The lowest BCUT2D eigenvalue weighted by atomic mass is 10.1. The molecular weight excluding hydrogens is 356 g/mol. The minimum absolute atomic E-state index is 0.111. The Morgan fingerprint density at radius 1 is 1.15 bits per heavy atom. The van der Waals surface area contributed by atoms with E-state index in [1.54, 1.807) is 11.3 Å². The molecule has 0 saturated carbocycles. The van der Waals surface area contributed by atoms with E-state index < -0.39 is 0 Å². The van der Waals surface area contributed by atoms with Gasteiger partial charge < -0.3 is 10.2 Å². The second-order valence-corrected chi connectivity index (χ2v) is 7.66. The van der Waals surface area contributed by atoms with Gasteiger partial charge in [-0.05, 0) is 48.9 Å². The number of hydrogen-bond donors (Lipinski definition) is 1. The van der Waals surface area contributed by atoms with Gasteiger partial charge in [-0.25, -0.2) is 9.97 Å². The summed E-state index contributed by atoms with van der Waals surface area (Å²) in [5, 5.41) is 4.98. The predicted octanol–water partition coefficient (Wildman–Crippen LogP) is 4.04. The number of nitrogens with one attached hydrogen (secondary N) is 1. The van der Waals surface area contributed by atoms with Crippen molar-refractivity contribution < 1.29 is 4.79 Å². The van der Waals surface area contributed by atoms with Crippen LogP contribution in [-0.4, -0.2) is 29.0 Å². The first kappa shape index (κ1) is 17.7. The highest BCUT2D eigenvalue weighted by atomic mass is 32.1. The lowest BCUT2D eigenvalue weighted by Crippen LogP contribution is -2.25. The molecule has 1 amide bonds. The molecule has 0 radical (unpaired) electrons. The molecule has 2 aromatic heterocycles. The first-order valence-corrected chi connectivity index (χ1v) is 10.1. The number of hydrogen-bond acceptors (Lipinski definition) is 5. The Hall–Kier alpha value is -2.73. The van der Waals surface area contributed by atoms with Crippen molar-refractivity contribution in [3.05, 3.63) is 64.9 Å². The largest absolute Gasteiger partial charge is 0.357 e. The molecular formula is C21H22N4OS.